The fourth-order valence-corrected chi connectivity index (χ4v) is 1.96. The van der Waals surface area contributed by atoms with E-state index in [1.807, 2.05) is 25.1 Å². The van der Waals surface area contributed by atoms with Crippen molar-refractivity contribution < 1.29 is 9.90 Å². The van der Waals surface area contributed by atoms with E-state index in [2.05, 4.69) is 26.2 Å². The van der Waals surface area contributed by atoms with Crippen molar-refractivity contribution in [3.05, 3.63) is 39.6 Å². The van der Waals surface area contributed by atoms with E-state index in [4.69, 9.17) is 5.11 Å². The molecule has 0 fully saturated rings. The van der Waals surface area contributed by atoms with Gasteiger partial charge in [0.1, 0.15) is 0 Å². The summed E-state index contributed by atoms with van der Waals surface area (Å²) >= 11 is 3.41. The molecule has 0 bridgehead atoms. The average molecular weight is 296 g/mol. The number of carboxylic acids is 1. The molecule has 0 amide bonds. The molecule has 2 rings (SSSR count). The Morgan fingerprint density at radius 1 is 1.41 bits per heavy atom. The molecule has 0 spiro atoms. The van der Waals surface area contributed by atoms with Crippen LogP contribution < -0.4 is 0 Å². The molecule has 1 aromatic carbocycles. The van der Waals surface area contributed by atoms with Crippen LogP contribution in [0.25, 0.3) is 5.69 Å². The highest BCUT2D eigenvalue weighted by Crippen LogP contribution is 2.23. The van der Waals surface area contributed by atoms with Crippen LogP contribution >= 0.6 is 15.9 Å². The van der Waals surface area contributed by atoms with Crippen LogP contribution in [0.1, 0.15) is 21.7 Å². The van der Waals surface area contributed by atoms with E-state index in [-0.39, 0.29) is 5.69 Å². The summed E-state index contributed by atoms with van der Waals surface area (Å²) in [5.41, 5.74) is 2.32. The van der Waals surface area contributed by atoms with Crippen LogP contribution in [-0.2, 0) is 0 Å². The van der Waals surface area contributed by atoms with Crippen molar-refractivity contribution in [2.24, 2.45) is 0 Å². The molecule has 17 heavy (non-hydrogen) atoms. The van der Waals surface area contributed by atoms with Gasteiger partial charge in [-0.2, -0.15) is 0 Å². The first-order chi connectivity index (χ1) is 8.00. The number of nitrogens with zero attached hydrogens (tertiary/aromatic N) is 3. The van der Waals surface area contributed by atoms with Crippen molar-refractivity contribution in [1.29, 1.82) is 0 Å². The van der Waals surface area contributed by atoms with Gasteiger partial charge in [0.25, 0.3) is 0 Å². The first-order valence-corrected chi connectivity index (χ1v) is 5.72. The Morgan fingerprint density at radius 3 is 2.71 bits per heavy atom. The van der Waals surface area contributed by atoms with Gasteiger partial charge in [-0.15, -0.1) is 5.10 Å². The summed E-state index contributed by atoms with van der Waals surface area (Å²) in [6.45, 7) is 3.64. The smallest absolute Gasteiger partial charge is 0.358 e. The maximum atomic E-state index is 10.9. The lowest BCUT2D eigenvalue weighted by Crippen LogP contribution is -2.03. The van der Waals surface area contributed by atoms with Gasteiger partial charge in [0.2, 0.25) is 0 Å². The number of carbonyl (C=O) groups is 1. The zero-order chi connectivity index (χ0) is 12.6. The molecule has 0 aliphatic carbocycles. The maximum absolute atomic E-state index is 10.9. The molecule has 0 atom stereocenters. The van der Waals surface area contributed by atoms with Gasteiger partial charge in [0.05, 0.1) is 11.4 Å². The van der Waals surface area contributed by atoms with Crippen LogP contribution in [0.15, 0.2) is 22.7 Å². The Balaban J connectivity index is 2.61. The van der Waals surface area contributed by atoms with Gasteiger partial charge >= 0.3 is 5.97 Å². The molecule has 0 unspecified atom stereocenters. The Morgan fingerprint density at radius 2 is 2.12 bits per heavy atom. The van der Waals surface area contributed by atoms with E-state index in [1.165, 1.54) is 4.68 Å². The van der Waals surface area contributed by atoms with Crippen molar-refractivity contribution in [1.82, 2.24) is 15.0 Å². The van der Waals surface area contributed by atoms with Crippen LogP contribution in [0.4, 0.5) is 0 Å². The van der Waals surface area contributed by atoms with Crippen LogP contribution in [0.5, 0.6) is 0 Å². The summed E-state index contributed by atoms with van der Waals surface area (Å²) in [7, 11) is 0. The number of hydrogen-bond acceptors (Lipinski definition) is 3. The molecule has 0 radical (unpaired) electrons. The van der Waals surface area contributed by atoms with Crippen molar-refractivity contribution in [2.75, 3.05) is 0 Å². The molecule has 2 aromatic rings. The maximum Gasteiger partial charge on any atom is 0.358 e. The zero-order valence-electron chi connectivity index (χ0n) is 9.31. The molecule has 1 N–H and O–H groups in total. The minimum absolute atomic E-state index is 0.0293. The average Bonchev–Trinajstić information content (AvgIpc) is 2.64. The first-order valence-electron chi connectivity index (χ1n) is 4.93. The molecule has 1 heterocycles. The SMILES string of the molecule is Cc1ccc(Br)c(-n2nnc(C(=O)O)c2C)c1. The lowest BCUT2D eigenvalue weighted by molar-refractivity contribution is 0.0689. The fraction of sp³-hybridized carbons (Fsp3) is 0.182. The Labute approximate surface area is 106 Å². The molecule has 6 heteroatoms. The number of halogens is 1. The van der Waals surface area contributed by atoms with Gasteiger partial charge in [-0.3, -0.25) is 0 Å². The second-order valence-corrected chi connectivity index (χ2v) is 4.55. The lowest BCUT2D eigenvalue weighted by Gasteiger charge is -2.06. The highest BCUT2D eigenvalue weighted by molar-refractivity contribution is 9.10. The largest absolute Gasteiger partial charge is 0.476 e. The molecule has 88 valence electrons. The summed E-state index contributed by atoms with van der Waals surface area (Å²) < 4.78 is 2.36. The Kier molecular flexibility index (Phi) is 2.97. The topological polar surface area (TPSA) is 68.0 Å². The highest BCUT2D eigenvalue weighted by Gasteiger charge is 2.17. The predicted octanol–water partition coefficient (Wildman–Crippen LogP) is 2.34. The minimum Gasteiger partial charge on any atom is -0.476 e. The van der Waals surface area contributed by atoms with E-state index in [0.29, 0.717) is 5.69 Å². The third-order valence-corrected chi connectivity index (χ3v) is 3.10. The van der Waals surface area contributed by atoms with Crippen LogP contribution in [0.2, 0.25) is 0 Å². The Hall–Kier alpha value is -1.69. The lowest BCUT2D eigenvalue weighted by atomic mass is 10.2. The molecule has 0 saturated heterocycles. The van der Waals surface area contributed by atoms with E-state index in [0.717, 1.165) is 15.7 Å². The second kappa shape index (κ2) is 4.29. The zero-order valence-corrected chi connectivity index (χ0v) is 10.9. The van der Waals surface area contributed by atoms with E-state index in [9.17, 15) is 4.79 Å². The molecular formula is C11H10BrN3O2. The number of hydrogen-bond donors (Lipinski definition) is 1. The van der Waals surface area contributed by atoms with Crippen LogP contribution in [0.3, 0.4) is 0 Å². The van der Waals surface area contributed by atoms with Gasteiger partial charge < -0.3 is 5.11 Å². The number of aromatic nitrogens is 3. The van der Waals surface area contributed by atoms with E-state index >= 15 is 0 Å². The third kappa shape index (κ3) is 2.08. The molecule has 5 nitrogen and oxygen atoms in total. The van der Waals surface area contributed by atoms with E-state index < -0.39 is 5.97 Å². The second-order valence-electron chi connectivity index (χ2n) is 3.70. The van der Waals surface area contributed by atoms with Gasteiger partial charge in [0.15, 0.2) is 5.69 Å². The summed E-state index contributed by atoms with van der Waals surface area (Å²) in [5, 5.41) is 16.4. The summed E-state index contributed by atoms with van der Waals surface area (Å²) in [5.74, 6) is -1.07. The number of benzene rings is 1. The van der Waals surface area contributed by atoms with Crippen molar-refractivity contribution >= 4 is 21.9 Å². The standard InChI is InChI=1S/C11H10BrN3O2/c1-6-3-4-8(12)9(5-6)15-7(2)10(11(16)17)13-14-15/h3-5H,1-2H3,(H,16,17). The molecule has 0 aliphatic rings. The molecule has 0 aliphatic heterocycles. The van der Waals surface area contributed by atoms with Crippen LogP contribution in [-0.4, -0.2) is 26.1 Å². The van der Waals surface area contributed by atoms with Gasteiger partial charge in [-0.05, 0) is 47.5 Å². The quantitative estimate of drug-likeness (QED) is 0.923. The van der Waals surface area contributed by atoms with Gasteiger partial charge in [-0.25, -0.2) is 9.48 Å². The van der Waals surface area contributed by atoms with Gasteiger partial charge in [0, 0.05) is 4.47 Å². The fourth-order valence-electron chi connectivity index (χ4n) is 1.54. The van der Waals surface area contributed by atoms with E-state index in [1.54, 1.807) is 6.92 Å². The van der Waals surface area contributed by atoms with Crippen molar-refractivity contribution in [3.8, 4) is 5.69 Å². The van der Waals surface area contributed by atoms with Gasteiger partial charge in [-0.1, -0.05) is 11.3 Å². The third-order valence-electron chi connectivity index (χ3n) is 2.43. The number of rotatable bonds is 2. The molecule has 0 saturated carbocycles. The number of carboxylic acid groups (broad SMARTS) is 1. The monoisotopic (exact) mass is 295 g/mol. The Bertz CT molecular complexity index is 592. The van der Waals surface area contributed by atoms with Crippen molar-refractivity contribution in [2.45, 2.75) is 13.8 Å². The summed E-state index contributed by atoms with van der Waals surface area (Å²) in [6, 6.07) is 5.77. The number of aryl methyl sites for hydroxylation is 1. The van der Waals surface area contributed by atoms with Crippen molar-refractivity contribution in [3.63, 3.8) is 0 Å². The minimum atomic E-state index is -1.07. The summed E-state index contributed by atoms with van der Waals surface area (Å²) in [4.78, 5) is 10.9. The number of aromatic carboxylic acids is 1. The first kappa shape index (κ1) is 11.8. The molecular weight excluding hydrogens is 286 g/mol. The highest BCUT2D eigenvalue weighted by atomic mass is 79.9. The normalized spacial score (nSPS) is 10.5. The van der Waals surface area contributed by atoms with Crippen LogP contribution in [0, 0.1) is 13.8 Å². The molecule has 1 aromatic heterocycles. The summed E-state index contributed by atoms with van der Waals surface area (Å²) in [6.07, 6.45) is 0. The predicted molar refractivity (Wildman–Crippen MR) is 65.5 cm³/mol.